The van der Waals surface area contributed by atoms with Crippen molar-refractivity contribution in [1.82, 2.24) is 0 Å². The van der Waals surface area contributed by atoms with Crippen molar-refractivity contribution in [3.05, 3.63) is 0 Å². The van der Waals surface area contributed by atoms with E-state index in [-0.39, 0.29) is 0 Å². The fraction of sp³-hybridized carbons (Fsp3) is 1.00. The van der Waals surface area contributed by atoms with Gasteiger partial charge >= 0.3 is 0 Å². The van der Waals surface area contributed by atoms with E-state index in [0.717, 1.165) is 17.8 Å². The molecule has 0 radical (unpaired) electrons. The summed E-state index contributed by atoms with van der Waals surface area (Å²) in [6, 6.07) is 0. The van der Waals surface area contributed by atoms with Crippen LogP contribution in [0.1, 0.15) is 86.0 Å². The van der Waals surface area contributed by atoms with Crippen LogP contribution in [0.25, 0.3) is 0 Å². The summed E-state index contributed by atoms with van der Waals surface area (Å²) in [4.78, 5) is 0. The minimum Gasteiger partial charge on any atom is -0.0654 e. The number of rotatable bonds is 10. The van der Waals surface area contributed by atoms with Gasteiger partial charge in [-0.3, -0.25) is 0 Å². The fourth-order valence-corrected chi connectivity index (χ4v) is 2.31. The van der Waals surface area contributed by atoms with E-state index < -0.39 is 0 Å². The summed E-state index contributed by atoms with van der Waals surface area (Å²) >= 11 is 0. The number of hydrogen-bond donors (Lipinski definition) is 0. The van der Waals surface area contributed by atoms with Crippen molar-refractivity contribution < 1.29 is 0 Å². The molecule has 0 saturated carbocycles. The first-order valence-corrected chi connectivity index (χ1v) is 7.56. The lowest BCUT2D eigenvalue weighted by atomic mass is 9.88. The molecule has 0 nitrogen and oxygen atoms in total. The second-order valence-electron chi connectivity index (χ2n) is 6.30. The summed E-state index contributed by atoms with van der Waals surface area (Å²) in [6.45, 7) is 11.7. The van der Waals surface area contributed by atoms with Gasteiger partial charge in [-0.1, -0.05) is 86.0 Å². The molecule has 0 amide bonds. The van der Waals surface area contributed by atoms with Gasteiger partial charge < -0.3 is 0 Å². The summed E-state index contributed by atoms with van der Waals surface area (Å²) in [5.74, 6) is 2.78. The molecule has 0 N–H and O–H groups in total. The van der Waals surface area contributed by atoms with Gasteiger partial charge in [0.15, 0.2) is 0 Å². The molecule has 0 aliphatic heterocycles. The topological polar surface area (TPSA) is 0 Å². The van der Waals surface area contributed by atoms with Crippen molar-refractivity contribution >= 4 is 0 Å². The highest BCUT2D eigenvalue weighted by Crippen LogP contribution is 2.24. The average molecular weight is 226 g/mol. The molecular weight excluding hydrogens is 192 g/mol. The Kier molecular flexibility index (Phi) is 10.2. The van der Waals surface area contributed by atoms with Crippen molar-refractivity contribution in [3.63, 3.8) is 0 Å². The Hall–Kier alpha value is 0. The van der Waals surface area contributed by atoms with Crippen molar-refractivity contribution in [3.8, 4) is 0 Å². The van der Waals surface area contributed by atoms with Gasteiger partial charge in [-0.25, -0.2) is 0 Å². The monoisotopic (exact) mass is 226 g/mol. The van der Waals surface area contributed by atoms with Gasteiger partial charge in [-0.2, -0.15) is 0 Å². The van der Waals surface area contributed by atoms with Crippen LogP contribution in [0, 0.1) is 17.8 Å². The van der Waals surface area contributed by atoms with E-state index in [4.69, 9.17) is 0 Å². The van der Waals surface area contributed by atoms with Gasteiger partial charge in [0, 0.05) is 0 Å². The molecule has 0 heterocycles. The lowest BCUT2D eigenvalue weighted by Crippen LogP contribution is -2.04. The third-order valence-corrected chi connectivity index (χ3v) is 3.51. The van der Waals surface area contributed by atoms with E-state index in [1.165, 1.54) is 51.4 Å². The molecule has 0 aromatic carbocycles. The SMILES string of the molecule is CCCCC(CCCC(C)C)CCC(C)C. The molecule has 1 atom stereocenters. The zero-order valence-corrected chi connectivity index (χ0v) is 12.4. The van der Waals surface area contributed by atoms with Gasteiger partial charge in [-0.15, -0.1) is 0 Å². The van der Waals surface area contributed by atoms with Gasteiger partial charge in [-0.05, 0) is 17.8 Å². The zero-order valence-electron chi connectivity index (χ0n) is 12.4. The zero-order chi connectivity index (χ0) is 12.4. The highest BCUT2D eigenvalue weighted by Gasteiger charge is 2.09. The van der Waals surface area contributed by atoms with Crippen LogP contribution in [0.4, 0.5) is 0 Å². The van der Waals surface area contributed by atoms with E-state index in [0.29, 0.717) is 0 Å². The standard InChI is InChI=1S/C16H34/c1-6-7-10-16(13-12-15(4)5)11-8-9-14(2)3/h14-16H,6-13H2,1-5H3. The molecular formula is C16H34. The molecule has 0 aliphatic rings. The Morgan fingerprint density at radius 2 is 1.19 bits per heavy atom. The predicted octanol–water partition coefficient (Wildman–Crippen LogP) is 6.06. The molecule has 0 aromatic rings. The molecule has 0 heteroatoms. The largest absolute Gasteiger partial charge is 0.0654 e. The highest BCUT2D eigenvalue weighted by molar-refractivity contribution is 4.62. The quantitative estimate of drug-likeness (QED) is 0.425. The lowest BCUT2D eigenvalue weighted by Gasteiger charge is -2.18. The van der Waals surface area contributed by atoms with Crippen molar-refractivity contribution in [2.24, 2.45) is 17.8 Å². The van der Waals surface area contributed by atoms with Crippen LogP contribution in [0.3, 0.4) is 0 Å². The van der Waals surface area contributed by atoms with Gasteiger partial charge in [0.2, 0.25) is 0 Å². The molecule has 1 unspecified atom stereocenters. The van der Waals surface area contributed by atoms with Crippen LogP contribution >= 0.6 is 0 Å². The van der Waals surface area contributed by atoms with Gasteiger partial charge in [0.1, 0.15) is 0 Å². The van der Waals surface area contributed by atoms with Crippen LogP contribution < -0.4 is 0 Å². The first-order valence-electron chi connectivity index (χ1n) is 7.56. The molecule has 16 heavy (non-hydrogen) atoms. The Labute approximate surface area is 104 Å². The molecule has 98 valence electrons. The molecule has 0 fully saturated rings. The van der Waals surface area contributed by atoms with Crippen LogP contribution in [-0.4, -0.2) is 0 Å². The van der Waals surface area contributed by atoms with Crippen LogP contribution in [0.2, 0.25) is 0 Å². The predicted molar refractivity (Wildman–Crippen MR) is 75.8 cm³/mol. The van der Waals surface area contributed by atoms with Crippen molar-refractivity contribution in [2.75, 3.05) is 0 Å². The van der Waals surface area contributed by atoms with Crippen LogP contribution in [0.5, 0.6) is 0 Å². The normalized spacial score (nSPS) is 13.7. The minimum absolute atomic E-state index is 0.884. The first kappa shape index (κ1) is 16.0. The fourth-order valence-electron chi connectivity index (χ4n) is 2.31. The van der Waals surface area contributed by atoms with E-state index in [1.54, 1.807) is 0 Å². The Morgan fingerprint density at radius 3 is 1.69 bits per heavy atom. The summed E-state index contributed by atoms with van der Waals surface area (Å²) in [5, 5.41) is 0. The summed E-state index contributed by atoms with van der Waals surface area (Å²) in [6.07, 6.45) is 11.5. The summed E-state index contributed by atoms with van der Waals surface area (Å²) < 4.78 is 0. The number of unbranched alkanes of at least 4 members (excludes halogenated alkanes) is 1. The Bertz CT molecular complexity index is 135. The van der Waals surface area contributed by atoms with Crippen molar-refractivity contribution in [2.45, 2.75) is 86.0 Å². The second-order valence-corrected chi connectivity index (χ2v) is 6.30. The van der Waals surface area contributed by atoms with E-state index >= 15 is 0 Å². The van der Waals surface area contributed by atoms with E-state index in [2.05, 4.69) is 34.6 Å². The van der Waals surface area contributed by atoms with Crippen LogP contribution in [0.15, 0.2) is 0 Å². The Balaban J connectivity index is 3.71. The van der Waals surface area contributed by atoms with Gasteiger partial charge in [0.05, 0.1) is 0 Å². The molecule has 0 bridgehead atoms. The third kappa shape index (κ3) is 10.5. The average Bonchev–Trinajstić information content (AvgIpc) is 2.20. The smallest absolute Gasteiger partial charge is 0.0414 e. The maximum atomic E-state index is 2.35. The molecule has 0 aromatic heterocycles. The third-order valence-electron chi connectivity index (χ3n) is 3.51. The van der Waals surface area contributed by atoms with E-state index in [9.17, 15) is 0 Å². The highest BCUT2D eigenvalue weighted by atomic mass is 14.2. The minimum atomic E-state index is 0.884. The summed E-state index contributed by atoms with van der Waals surface area (Å²) in [5.41, 5.74) is 0. The van der Waals surface area contributed by atoms with Gasteiger partial charge in [0.25, 0.3) is 0 Å². The molecule has 0 aliphatic carbocycles. The maximum absolute atomic E-state index is 2.35. The molecule has 0 saturated heterocycles. The van der Waals surface area contributed by atoms with Crippen LogP contribution in [-0.2, 0) is 0 Å². The van der Waals surface area contributed by atoms with E-state index in [1.807, 2.05) is 0 Å². The summed E-state index contributed by atoms with van der Waals surface area (Å²) in [7, 11) is 0. The molecule has 0 rings (SSSR count). The molecule has 0 spiro atoms. The number of hydrogen-bond acceptors (Lipinski definition) is 0. The lowest BCUT2D eigenvalue weighted by molar-refractivity contribution is 0.350. The van der Waals surface area contributed by atoms with Crippen molar-refractivity contribution in [1.29, 1.82) is 0 Å². The maximum Gasteiger partial charge on any atom is -0.0414 e. The first-order chi connectivity index (χ1) is 7.56. The Morgan fingerprint density at radius 1 is 0.625 bits per heavy atom. The second kappa shape index (κ2) is 10.2.